The Morgan fingerprint density at radius 3 is 3.10 bits per heavy atom. The molecule has 0 bridgehead atoms. The average molecular weight is 290 g/mol. The fraction of sp³-hybridized carbons (Fsp3) is 0.357. The highest BCUT2D eigenvalue weighted by Crippen LogP contribution is 2.16. The molecule has 2 rings (SSSR count). The van der Waals surface area contributed by atoms with E-state index in [-0.39, 0.29) is 5.91 Å². The van der Waals surface area contributed by atoms with Crippen LogP contribution in [0, 0.1) is 0 Å². The van der Waals surface area contributed by atoms with Gasteiger partial charge in [0.2, 0.25) is 0 Å². The highest BCUT2D eigenvalue weighted by molar-refractivity contribution is 7.10. The molecule has 0 aromatic carbocycles. The van der Waals surface area contributed by atoms with Gasteiger partial charge in [0, 0.05) is 28.6 Å². The molecule has 20 heavy (non-hydrogen) atoms. The summed E-state index contributed by atoms with van der Waals surface area (Å²) < 4.78 is 1.80. The Bertz CT molecular complexity index is 600. The predicted octanol–water partition coefficient (Wildman–Crippen LogP) is 2.68. The number of carbonyl (C=O) groups is 1. The van der Waals surface area contributed by atoms with Crippen molar-refractivity contribution in [2.75, 3.05) is 0 Å². The second kappa shape index (κ2) is 7.00. The Balaban J connectivity index is 1.90. The number of hydrogen-bond donors (Lipinski definition) is 1. The molecule has 0 saturated carbocycles. The summed E-state index contributed by atoms with van der Waals surface area (Å²) in [5, 5.41) is 9.94. The Hall–Kier alpha value is -1.95. The maximum atomic E-state index is 11.9. The molecule has 2 aromatic rings. The van der Waals surface area contributed by atoms with Gasteiger partial charge in [0.25, 0.3) is 5.91 Å². The molecule has 0 atom stereocenters. The number of carbonyl (C=O) groups excluding carboxylic acids is 1. The maximum Gasteiger partial charge on any atom is 0.272 e. The third kappa shape index (κ3) is 3.77. The van der Waals surface area contributed by atoms with Crippen LogP contribution < -0.4 is 5.43 Å². The van der Waals surface area contributed by atoms with Crippen LogP contribution in [0.25, 0.3) is 0 Å². The van der Waals surface area contributed by atoms with E-state index in [1.54, 1.807) is 28.4 Å². The van der Waals surface area contributed by atoms with Gasteiger partial charge in [0.05, 0.1) is 18.0 Å². The average Bonchev–Trinajstić information content (AvgIpc) is 3.08. The van der Waals surface area contributed by atoms with Crippen LogP contribution >= 0.6 is 11.3 Å². The first-order chi connectivity index (χ1) is 9.72. The molecule has 0 radical (unpaired) electrons. The molecule has 6 heteroatoms. The van der Waals surface area contributed by atoms with Crippen LogP contribution in [0.4, 0.5) is 0 Å². The number of nitrogens with one attached hydrogen (secondary N) is 1. The fourth-order valence-electron chi connectivity index (χ4n) is 1.73. The van der Waals surface area contributed by atoms with E-state index < -0.39 is 0 Å². The minimum atomic E-state index is -0.178. The van der Waals surface area contributed by atoms with E-state index in [4.69, 9.17) is 0 Å². The lowest BCUT2D eigenvalue weighted by Crippen LogP contribution is -2.16. The lowest BCUT2D eigenvalue weighted by molar-refractivity contribution is 0.0955. The van der Waals surface area contributed by atoms with Crippen molar-refractivity contribution in [3.8, 4) is 0 Å². The second-order valence-electron chi connectivity index (χ2n) is 4.38. The highest BCUT2D eigenvalue weighted by Gasteiger charge is 2.07. The normalized spacial score (nSPS) is 11.1. The number of rotatable bonds is 6. The number of hydrazone groups is 1. The summed E-state index contributed by atoms with van der Waals surface area (Å²) in [6.07, 6.45) is 7.28. The number of thiophene rings is 1. The van der Waals surface area contributed by atoms with Gasteiger partial charge in [-0.15, -0.1) is 11.3 Å². The van der Waals surface area contributed by atoms with Crippen molar-refractivity contribution < 1.29 is 4.79 Å². The van der Waals surface area contributed by atoms with E-state index in [2.05, 4.69) is 22.5 Å². The lowest BCUT2D eigenvalue weighted by Gasteiger charge is -1.95. The van der Waals surface area contributed by atoms with Crippen molar-refractivity contribution in [1.82, 2.24) is 15.2 Å². The largest absolute Gasteiger partial charge is 0.272 e. The van der Waals surface area contributed by atoms with Gasteiger partial charge in [0.15, 0.2) is 0 Å². The number of aromatic nitrogens is 2. The van der Waals surface area contributed by atoms with Gasteiger partial charge in [-0.3, -0.25) is 9.48 Å². The lowest BCUT2D eigenvalue weighted by atomic mass is 10.2. The zero-order valence-corrected chi connectivity index (χ0v) is 12.5. The first-order valence-electron chi connectivity index (χ1n) is 6.66. The number of nitrogens with zero attached hydrogens (tertiary/aromatic N) is 3. The van der Waals surface area contributed by atoms with Gasteiger partial charge in [-0.25, -0.2) is 5.43 Å². The molecule has 0 saturated heterocycles. The van der Waals surface area contributed by atoms with Gasteiger partial charge >= 0.3 is 0 Å². The molecule has 0 aliphatic carbocycles. The van der Waals surface area contributed by atoms with Gasteiger partial charge in [-0.2, -0.15) is 10.2 Å². The van der Waals surface area contributed by atoms with E-state index >= 15 is 0 Å². The van der Waals surface area contributed by atoms with Crippen LogP contribution in [-0.2, 0) is 13.0 Å². The van der Waals surface area contributed by atoms with Crippen LogP contribution in [0.1, 0.15) is 41.1 Å². The summed E-state index contributed by atoms with van der Waals surface area (Å²) in [7, 11) is 0. The maximum absolute atomic E-state index is 11.9. The minimum Gasteiger partial charge on any atom is -0.272 e. The van der Waals surface area contributed by atoms with E-state index in [1.165, 1.54) is 4.88 Å². The van der Waals surface area contributed by atoms with Crippen molar-refractivity contribution in [3.05, 3.63) is 39.8 Å². The number of aryl methyl sites for hydroxylation is 2. The Morgan fingerprint density at radius 2 is 2.40 bits per heavy atom. The SMILES string of the molecule is CCCc1cc(C(=O)NN=Cc2cnn(CC)c2)cs1. The van der Waals surface area contributed by atoms with E-state index in [1.807, 2.05) is 24.6 Å². The third-order valence-corrected chi connectivity index (χ3v) is 3.77. The summed E-state index contributed by atoms with van der Waals surface area (Å²) in [6.45, 7) is 4.95. The molecule has 0 aliphatic rings. The zero-order chi connectivity index (χ0) is 14.4. The Kier molecular flexibility index (Phi) is 5.06. The summed E-state index contributed by atoms with van der Waals surface area (Å²) in [5.74, 6) is -0.178. The molecule has 2 heterocycles. The molecule has 0 spiro atoms. The van der Waals surface area contributed by atoms with Crippen LogP contribution in [0.15, 0.2) is 28.9 Å². The monoisotopic (exact) mass is 290 g/mol. The standard InChI is InChI=1S/C14H18N4OS/c1-3-5-13-6-12(10-20-13)14(19)17-15-7-11-8-16-18(4-2)9-11/h6-10H,3-5H2,1-2H3,(H,17,19). The first-order valence-corrected chi connectivity index (χ1v) is 7.54. The Morgan fingerprint density at radius 1 is 1.55 bits per heavy atom. The molecule has 1 amide bonds. The predicted molar refractivity (Wildman–Crippen MR) is 81.3 cm³/mol. The van der Waals surface area contributed by atoms with Gasteiger partial charge in [-0.1, -0.05) is 13.3 Å². The van der Waals surface area contributed by atoms with Crippen molar-refractivity contribution in [2.45, 2.75) is 33.2 Å². The van der Waals surface area contributed by atoms with Crippen LogP contribution in [0.2, 0.25) is 0 Å². The smallest absolute Gasteiger partial charge is 0.272 e. The molecular weight excluding hydrogens is 272 g/mol. The molecular formula is C14H18N4OS. The molecule has 1 N–H and O–H groups in total. The van der Waals surface area contributed by atoms with Crippen LogP contribution in [0.5, 0.6) is 0 Å². The summed E-state index contributed by atoms with van der Waals surface area (Å²) in [6, 6.07) is 1.92. The van der Waals surface area contributed by atoms with E-state index in [0.29, 0.717) is 5.56 Å². The topological polar surface area (TPSA) is 59.3 Å². The second-order valence-corrected chi connectivity index (χ2v) is 5.38. The fourth-order valence-corrected chi connectivity index (χ4v) is 2.70. The van der Waals surface area contributed by atoms with Gasteiger partial charge in [-0.05, 0) is 19.4 Å². The highest BCUT2D eigenvalue weighted by atomic mass is 32.1. The van der Waals surface area contributed by atoms with Crippen molar-refractivity contribution in [3.63, 3.8) is 0 Å². The molecule has 0 unspecified atom stereocenters. The molecule has 2 aromatic heterocycles. The zero-order valence-electron chi connectivity index (χ0n) is 11.7. The summed E-state index contributed by atoms with van der Waals surface area (Å²) in [5.41, 5.74) is 4.06. The quantitative estimate of drug-likeness (QED) is 0.657. The van der Waals surface area contributed by atoms with Crippen molar-refractivity contribution in [2.24, 2.45) is 5.10 Å². The molecule has 0 aliphatic heterocycles. The van der Waals surface area contributed by atoms with Gasteiger partial charge in [0.1, 0.15) is 0 Å². The molecule has 0 fully saturated rings. The van der Waals surface area contributed by atoms with E-state index in [9.17, 15) is 4.79 Å². The van der Waals surface area contributed by atoms with Crippen molar-refractivity contribution in [1.29, 1.82) is 0 Å². The van der Waals surface area contributed by atoms with Crippen LogP contribution in [0.3, 0.4) is 0 Å². The first kappa shape index (κ1) is 14.5. The third-order valence-electron chi connectivity index (χ3n) is 2.77. The number of hydrogen-bond acceptors (Lipinski definition) is 4. The van der Waals surface area contributed by atoms with Crippen molar-refractivity contribution >= 4 is 23.5 Å². The van der Waals surface area contributed by atoms with Crippen LogP contribution in [-0.4, -0.2) is 21.9 Å². The minimum absolute atomic E-state index is 0.178. The van der Waals surface area contributed by atoms with Gasteiger partial charge < -0.3 is 0 Å². The molecule has 106 valence electrons. The molecule has 5 nitrogen and oxygen atoms in total. The summed E-state index contributed by atoms with van der Waals surface area (Å²) >= 11 is 1.61. The summed E-state index contributed by atoms with van der Waals surface area (Å²) in [4.78, 5) is 13.1. The van der Waals surface area contributed by atoms with E-state index in [0.717, 1.165) is 24.9 Å². The Labute approximate surface area is 122 Å². The number of amides is 1.